The molecule has 0 bridgehead atoms. The summed E-state index contributed by atoms with van der Waals surface area (Å²) in [6.45, 7) is 0.317. The van der Waals surface area contributed by atoms with Gasteiger partial charge in [-0.25, -0.2) is 14.4 Å². The van der Waals surface area contributed by atoms with Crippen LogP contribution in [0.5, 0.6) is 11.5 Å². The number of halogens is 2. The first-order chi connectivity index (χ1) is 14.0. The normalized spacial score (nSPS) is 11.0. The van der Waals surface area contributed by atoms with Gasteiger partial charge in [0.1, 0.15) is 17.3 Å². The number of fused-ring (bicyclic) bond motifs is 1. The van der Waals surface area contributed by atoms with E-state index in [1.54, 1.807) is 25.0 Å². The lowest BCUT2D eigenvalue weighted by molar-refractivity contribution is 0.389. The van der Waals surface area contributed by atoms with Crippen molar-refractivity contribution < 1.29 is 13.9 Å². The number of benzene rings is 2. The summed E-state index contributed by atoms with van der Waals surface area (Å²) in [4.78, 5) is 21.2. The van der Waals surface area contributed by atoms with E-state index in [1.165, 1.54) is 24.4 Å². The Bertz CT molecular complexity index is 1270. The van der Waals surface area contributed by atoms with Crippen molar-refractivity contribution in [2.45, 2.75) is 6.54 Å². The zero-order valence-electron chi connectivity index (χ0n) is 15.6. The van der Waals surface area contributed by atoms with E-state index in [0.717, 1.165) is 5.56 Å². The third-order valence-electron chi connectivity index (χ3n) is 4.49. The number of rotatable bonds is 5. The minimum Gasteiger partial charge on any atom is -0.497 e. The fraction of sp³-hybridized carbons (Fsp3) is 0.150. The van der Waals surface area contributed by atoms with Crippen LogP contribution in [0.1, 0.15) is 5.56 Å². The second-order valence-corrected chi connectivity index (χ2v) is 6.66. The van der Waals surface area contributed by atoms with Crippen LogP contribution in [-0.4, -0.2) is 34.0 Å². The molecule has 29 heavy (non-hydrogen) atoms. The SMILES string of the molecule is COc1ccc(Cn2[nH]c(=O)c3nc(-c4ccc(F)cc4Cl)cnc32)c(OC)c1. The van der Waals surface area contributed by atoms with Crippen molar-refractivity contribution in [3.05, 3.63) is 69.4 Å². The van der Waals surface area contributed by atoms with Gasteiger partial charge in [0.2, 0.25) is 0 Å². The fourth-order valence-electron chi connectivity index (χ4n) is 3.06. The molecule has 9 heteroatoms. The van der Waals surface area contributed by atoms with Crippen molar-refractivity contribution in [2.24, 2.45) is 0 Å². The van der Waals surface area contributed by atoms with E-state index in [0.29, 0.717) is 34.9 Å². The number of aromatic nitrogens is 4. The molecule has 2 heterocycles. The second kappa shape index (κ2) is 7.56. The number of methoxy groups -OCH3 is 2. The highest BCUT2D eigenvalue weighted by Crippen LogP contribution is 2.28. The van der Waals surface area contributed by atoms with Gasteiger partial charge in [0.25, 0.3) is 5.56 Å². The molecular formula is C20H16ClFN4O3. The molecule has 148 valence electrons. The van der Waals surface area contributed by atoms with Crippen LogP contribution < -0.4 is 15.0 Å². The predicted octanol–water partition coefficient (Wildman–Crippen LogP) is 3.64. The Kier molecular flexibility index (Phi) is 4.94. The largest absolute Gasteiger partial charge is 0.497 e. The maximum atomic E-state index is 13.3. The van der Waals surface area contributed by atoms with Gasteiger partial charge in [0, 0.05) is 17.2 Å². The summed E-state index contributed by atoms with van der Waals surface area (Å²) in [6, 6.07) is 9.39. The highest BCUT2D eigenvalue weighted by molar-refractivity contribution is 6.33. The second-order valence-electron chi connectivity index (χ2n) is 6.26. The third-order valence-corrected chi connectivity index (χ3v) is 4.80. The number of hydrogen-bond donors (Lipinski definition) is 1. The topological polar surface area (TPSA) is 82.0 Å². The predicted molar refractivity (Wildman–Crippen MR) is 107 cm³/mol. The lowest BCUT2D eigenvalue weighted by Crippen LogP contribution is -2.08. The van der Waals surface area contributed by atoms with E-state index >= 15 is 0 Å². The van der Waals surface area contributed by atoms with Crippen LogP contribution in [0.15, 0.2) is 47.4 Å². The number of ether oxygens (including phenoxy) is 2. The first-order valence-corrected chi connectivity index (χ1v) is 9.00. The van der Waals surface area contributed by atoms with Gasteiger partial charge >= 0.3 is 0 Å². The minimum absolute atomic E-state index is 0.162. The standard InChI is InChI=1S/C20H16ClFN4O3/c1-28-13-5-3-11(17(8-13)29-2)10-26-19-18(20(27)25-26)24-16(9-23-19)14-6-4-12(22)7-15(14)21/h3-9H,10H2,1-2H3,(H,25,27). The molecule has 0 amide bonds. The molecule has 7 nitrogen and oxygen atoms in total. The van der Waals surface area contributed by atoms with Crippen molar-refractivity contribution in [1.82, 2.24) is 19.7 Å². The third kappa shape index (κ3) is 3.54. The highest BCUT2D eigenvalue weighted by atomic mass is 35.5. The molecule has 0 fully saturated rings. The summed E-state index contributed by atoms with van der Waals surface area (Å²) in [5.74, 6) is 0.831. The van der Waals surface area contributed by atoms with Crippen molar-refractivity contribution in [2.75, 3.05) is 14.2 Å². The van der Waals surface area contributed by atoms with E-state index in [2.05, 4.69) is 15.1 Å². The van der Waals surface area contributed by atoms with Crippen LogP contribution in [0, 0.1) is 5.82 Å². The van der Waals surface area contributed by atoms with E-state index in [4.69, 9.17) is 21.1 Å². The Morgan fingerprint density at radius 2 is 2.00 bits per heavy atom. The number of nitrogens with one attached hydrogen (secondary N) is 1. The molecule has 0 saturated carbocycles. The zero-order valence-corrected chi connectivity index (χ0v) is 16.3. The lowest BCUT2D eigenvalue weighted by Gasteiger charge is -2.11. The van der Waals surface area contributed by atoms with E-state index < -0.39 is 5.82 Å². The molecular weight excluding hydrogens is 399 g/mol. The zero-order chi connectivity index (χ0) is 20.5. The maximum Gasteiger partial charge on any atom is 0.292 e. The summed E-state index contributed by atoms with van der Waals surface area (Å²) in [5.41, 5.74) is 1.86. The molecule has 0 aliphatic carbocycles. The highest BCUT2D eigenvalue weighted by Gasteiger charge is 2.15. The minimum atomic E-state index is -0.453. The number of hydrogen-bond acceptors (Lipinski definition) is 5. The van der Waals surface area contributed by atoms with Gasteiger partial charge in [-0.2, -0.15) is 0 Å². The van der Waals surface area contributed by atoms with Gasteiger partial charge in [-0.05, 0) is 30.3 Å². The van der Waals surface area contributed by atoms with Crippen molar-refractivity contribution in [1.29, 1.82) is 0 Å². The van der Waals surface area contributed by atoms with Gasteiger partial charge in [0.15, 0.2) is 11.2 Å². The summed E-state index contributed by atoms with van der Waals surface area (Å²) < 4.78 is 25.5. The molecule has 2 aromatic heterocycles. The van der Waals surface area contributed by atoms with Crippen LogP contribution in [0.2, 0.25) is 5.02 Å². The van der Waals surface area contributed by atoms with E-state index in [-0.39, 0.29) is 16.1 Å². The molecule has 0 spiro atoms. The molecule has 0 aliphatic heterocycles. The summed E-state index contributed by atoms with van der Waals surface area (Å²) in [7, 11) is 3.14. The van der Waals surface area contributed by atoms with E-state index in [1.807, 2.05) is 12.1 Å². The number of aromatic amines is 1. The Balaban J connectivity index is 1.75. The van der Waals surface area contributed by atoms with Crippen molar-refractivity contribution >= 4 is 22.8 Å². The van der Waals surface area contributed by atoms with E-state index in [9.17, 15) is 9.18 Å². The molecule has 0 atom stereocenters. The molecule has 1 N–H and O–H groups in total. The van der Waals surface area contributed by atoms with Crippen LogP contribution in [0.3, 0.4) is 0 Å². The molecule has 4 rings (SSSR count). The summed E-state index contributed by atoms with van der Waals surface area (Å²) in [5, 5.41) is 2.93. The van der Waals surface area contributed by atoms with Gasteiger partial charge in [-0.15, -0.1) is 0 Å². The van der Waals surface area contributed by atoms with Crippen LogP contribution in [-0.2, 0) is 6.54 Å². The molecule has 0 unspecified atom stereocenters. The van der Waals surface area contributed by atoms with Crippen molar-refractivity contribution in [3.8, 4) is 22.8 Å². The quantitative estimate of drug-likeness (QED) is 0.539. The average Bonchev–Trinajstić information content (AvgIpc) is 3.03. The Morgan fingerprint density at radius 1 is 1.17 bits per heavy atom. The molecule has 4 aromatic rings. The Labute approximate surface area is 169 Å². The fourth-order valence-corrected chi connectivity index (χ4v) is 3.32. The number of H-pyrrole nitrogens is 1. The van der Waals surface area contributed by atoms with Gasteiger partial charge in [-0.1, -0.05) is 11.6 Å². The van der Waals surface area contributed by atoms with Crippen LogP contribution in [0.4, 0.5) is 4.39 Å². The number of nitrogens with zero attached hydrogens (tertiary/aromatic N) is 3. The molecule has 2 aromatic carbocycles. The first kappa shape index (κ1) is 18.9. The van der Waals surface area contributed by atoms with Crippen LogP contribution in [0.25, 0.3) is 22.4 Å². The lowest BCUT2D eigenvalue weighted by atomic mass is 10.1. The van der Waals surface area contributed by atoms with Crippen LogP contribution >= 0.6 is 11.6 Å². The first-order valence-electron chi connectivity index (χ1n) is 8.62. The Hall–Kier alpha value is -3.39. The van der Waals surface area contributed by atoms with Gasteiger partial charge in [0.05, 0.1) is 37.7 Å². The molecule has 0 aliphatic rings. The molecule has 0 saturated heterocycles. The average molecular weight is 415 g/mol. The van der Waals surface area contributed by atoms with Gasteiger partial charge < -0.3 is 9.47 Å². The summed E-state index contributed by atoms with van der Waals surface area (Å²) in [6.07, 6.45) is 1.50. The molecule has 0 radical (unpaired) electrons. The summed E-state index contributed by atoms with van der Waals surface area (Å²) >= 11 is 6.10. The maximum absolute atomic E-state index is 13.3. The van der Waals surface area contributed by atoms with Crippen molar-refractivity contribution in [3.63, 3.8) is 0 Å². The Morgan fingerprint density at radius 3 is 2.72 bits per heavy atom. The monoisotopic (exact) mass is 414 g/mol. The van der Waals surface area contributed by atoms with Gasteiger partial charge in [-0.3, -0.25) is 14.6 Å². The smallest absolute Gasteiger partial charge is 0.292 e.